The zero-order valence-corrected chi connectivity index (χ0v) is 14.9. The molecule has 1 aromatic rings. The Kier molecular flexibility index (Phi) is 9.99. The Hall–Kier alpha value is -1.66. The molecular weight excluding hydrogens is 290 g/mol. The van der Waals surface area contributed by atoms with Crippen molar-refractivity contribution in [1.82, 2.24) is 20.5 Å². The number of rotatable bonds is 10. The summed E-state index contributed by atoms with van der Waals surface area (Å²) in [6.07, 6.45) is 1.06. The second kappa shape index (κ2) is 11.8. The third-order valence-corrected chi connectivity index (χ3v) is 3.36. The van der Waals surface area contributed by atoms with Crippen molar-refractivity contribution in [3.8, 4) is 0 Å². The van der Waals surface area contributed by atoms with Gasteiger partial charge in [-0.15, -0.1) is 0 Å². The van der Waals surface area contributed by atoms with Gasteiger partial charge in [-0.2, -0.15) is 0 Å². The molecule has 1 heterocycles. The van der Waals surface area contributed by atoms with Crippen LogP contribution < -0.4 is 10.6 Å². The number of hydrogen-bond acceptors (Lipinski definition) is 4. The number of ether oxygens (including phenoxy) is 1. The summed E-state index contributed by atoms with van der Waals surface area (Å²) in [6.45, 7) is 9.17. The molecule has 0 saturated carbocycles. The molecule has 0 aliphatic carbocycles. The molecule has 0 fully saturated rings. The summed E-state index contributed by atoms with van der Waals surface area (Å²) in [5.41, 5.74) is 2.01. The number of aryl methyl sites for hydroxylation is 1. The summed E-state index contributed by atoms with van der Waals surface area (Å²) in [5, 5.41) is 6.63. The molecule has 0 spiro atoms. The van der Waals surface area contributed by atoms with Crippen molar-refractivity contribution in [3.63, 3.8) is 0 Å². The summed E-state index contributed by atoms with van der Waals surface area (Å²) in [7, 11) is 3.86. The van der Waals surface area contributed by atoms with Crippen LogP contribution in [0, 0.1) is 6.92 Å². The Morgan fingerprint density at radius 3 is 2.83 bits per heavy atom. The minimum atomic E-state index is 0.584. The lowest BCUT2D eigenvalue weighted by molar-refractivity contribution is 0.180. The topological polar surface area (TPSA) is 61.8 Å². The molecule has 0 aliphatic rings. The normalized spacial score (nSPS) is 11.8. The van der Waals surface area contributed by atoms with Gasteiger partial charge < -0.3 is 20.3 Å². The van der Waals surface area contributed by atoms with Crippen LogP contribution in [0.3, 0.4) is 0 Å². The molecule has 6 heteroatoms. The van der Waals surface area contributed by atoms with E-state index >= 15 is 0 Å². The molecule has 2 N–H and O–H groups in total. The van der Waals surface area contributed by atoms with Crippen molar-refractivity contribution >= 4 is 5.96 Å². The summed E-state index contributed by atoms with van der Waals surface area (Å²) in [4.78, 5) is 11.4. The largest absolute Gasteiger partial charge is 0.385 e. The van der Waals surface area contributed by atoms with Gasteiger partial charge in [0.15, 0.2) is 5.96 Å². The molecule has 0 aliphatic heterocycles. The van der Waals surface area contributed by atoms with E-state index in [-0.39, 0.29) is 0 Å². The van der Waals surface area contributed by atoms with Gasteiger partial charge in [0.2, 0.25) is 0 Å². The first-order chi connectivity index (χ1) is 11.2. The van der Waals surface area contributed by atoms with Gasteiger partial charge in [0.05, 0.1) is 12.2 Å². The molecule has 0 aromatic carbocycles. The highest BCUT2D eigenvalue weighted by Crippen LogP contribution is 1.99. The first-order valence-electron chi connectivity index (χ1n) is 8.28. The minimum Gasteiger partial charge on any atom is -0.385 e. The molecule has 6 nitrogen and oxygen atoms in total. The molecule has 0 bridgehead atoms. The van der Waals surface area contributed by atoms with Gasteiger partial charge >= 0.3 is 0 Å². The number of aliphatic imine (C=N–C) groups is 1. The molecule has 1 rings (SSSR count). The SMILES string of the molecule is CCNC(=NCc1cccc(C)n1)NCCN(C)CCCOC. The van der Waals surface area contributed by atoms with Gasteiger partial charge in [-0.25, -0.2) is 4.99 Å². The Morgan fingerprint density at radius 2 is 2.13 bits per heavy atom. The van der Waals surface area contributed by atoms with E-state index in [0.717, 1.165) is 56.6 Å². The van der Waals surface area contributed by atoms with Gasteiger partial charge in [-0.1, -0.05) is 6.07 Å². The maximum atomic E-state index is 5.07. The van der Waals surface area contributed by atoms with E-state index in [4.69, 9.17) is 4.74 Å². The standard InChI is InChI=1S/C17H31N5O/c1-5-18-17(19-10-12-22(3)11-7-13-23-4)20-14-16-9-6-8-15(2)21-16/h6,8-9H,5,7,10-14H2,1-4H3,(H2,18,19,20). The summed E-state index contributed by atoms with van der Waals surface area (Å²) in [6, 6.07) is 6.02. The number of guanidine groups is 1. The predicted octanol–water partition coefficient (Wildman–Crippen LogP) is 1.41. The van der Waals surface area contributed by atoms with E-state index in [2.05, 4.69) is 39.5 Å². The van der Waals surface area contributed by atoms with Crippen LogP contribution in [0.4, 0.5) is 0 Å². The minimum absolute atomic E-state index is 0.584. The lowest BCUT2D eigenvalue weighted by atomic mass is 10.3. The average Bonchev–Trinajstić information content (AvgIpc) is 2.53. The highest BCUT2D eigenvalue weighted by atomic mass is 16.5. The van der Waals surface area contributed by atoms with Crippen LogP contribution in [-0.4, -0.2) is 62.8 Å². The van der Waals surface area contributed by atoms with Crippen LogP contribution in [-0.2, 0) is 11.3 Å². The van der Waals surface area contributed by atoms with E-state index in [1.807, 2.05) is 25.1 Å². The van der Waals surface area contributed by atoms with Crippen LogP contribution in [0.1, 0.15) is 24.7 Å². The van der Waals surface area contributed by atoms with E-state index in [9.17, 15) is 0 Å². The Morgan fingerprint density at radius 1 is 1.30 bits per heavy atom. The fraction of sp³-hybridized carbons (Fsp3) is 0.647. The Labute approximate surface area is 140 Å². The molecule has 0 radical (unpaired) electrons. The quantitative estimate of drug-likeness (QED) is 0.388. The lowest BCUT2D eigenvalue weighted by Crippen LogP contribution is -2.41. The molecule has 1 aromatic heterocycles. The van der Waals surface area contributed by atoms with Crippen molar-refractivity contribution < 1.29 is 4.74 Å². The number of methoxy groups -OCH3 is 1. The molecule has 130 valence electrons. The fourth-order valence-corrected chi connectivity index (χ4v) is 2.15. The number of pyridine rings is 1. The maximum Gasteiger partial charge on any atom is 0.191 e. The zero-order valence-electron chi connectivity index (χ0n) is 14.9. The Balaban J connectivity index is 2.37. The first-order valence-corrected chi connectivity index (χ1v) is 8.28. The smallest absolute Gasteiger partial charge is 0.191 e. The highest BCUT2D eigenvalue weighted by molar-refractivity contribution is 5.79. The third-order valence-electron chi connectivity index (χ3n) is 3.36. The third kappa shape index (κ3) is 9.15. The average molecular weight is 321 g/mol. The van der Waals surface area contributed by atoms with Gasteiger partial charge in [-0.3, -0.25) is 4.98 Å². The van der Waals surface area contributed by atoms with Crippen LogP contribution >= 0.6 is 0 Å². The molecule has 0 amide bonds. The molecule has 23 heavy (non-hydrogen) atoms. The predicted molar refractivity (Wildman–Crippen MR) is 95.8 cm³/mol. The Bertz CT molecular complexity index is 464. The van der Waals surface area contributed by atoms with Crippen molar-refractivity contribution in [2.75, 3.05) is 46.9 Å². The lowest BCUT2D eigenvalue weighted by Gasteiger charge is -2.18. The number of likely N-dealkylation sites (N-methyl/N-ethyl adjacent to an activating group) is 1. The zero-order chi connectivity index (χ0) is 16.9. The van der Waals surface area contributed by atoms with Crippen LogP contribution in [0.15, 0.2) is 23.2 Å². The molecule has 0 atom stereocenters. The molecule has 0 unspecified atom stereocenters. The monoisotopic (exact) mass is 321 g/mol. The van der Waals surface area contributed by atoms with E-state index in [0.29, 0.717) is 6.54 Å². The summed E-state index contributed by atoms with van der Waals surface area (Å²) in [5.74, 6) is 0.834. The van der Waals surface area contributed by atoms with Gasteiger partial charge in [0.1, 0.15) is 0 Å². The summed E-state index contributed by atoms with van der Waals surface area (Å²) >= 11 is 0. The highest BCUT2D eigenvalue weighted by Gasteiger charge is 2.01. The van der Waals surface area contributed by atoms with Crippen molar-refractivity contribution in [3.05, 3.63) is 29.6 Å². The van der Waals surface area contributed by atoms with Crippen LogP contribution in [0.25, 0.3) is 0 Å². The number of hydrogen-bond donors (Lipinski definition) is 2. The van der Waals surface area contributed by atoms with Crippen molar-refractivity contribution in [2.45, 2.75) is 26.8 Å². The fourth-order valence-electron chi connectivity index (χ4n) is 2.15. The number of nitrogens with one attached hydrogen (secondary N) is 2. The van der Waals surface area contributed by atoms with Crippen molar-refractivity contribution in [2.24, 2.45) is 4.99 Å². The second-order valence-electron chi connectivity index (χ2n) is 5.54. The van der Waals surface area contributed by atoms with Crippen molar-refractivity contribution in [1.29, 1.82) is 0 Å². The van der Waals surface area contributed by atoms with E-state index < -0.39 is 0 Å². The number of nitrogens with zero attached hydrogens (tertiary/aromatic N) is 3. The molecular formula is C17H31N5O. The van der Waals surface area contributed by atoms with Gasteiger partial charge in [0.25, 0.3) is 0 Å². The van der Waals surface area contributed by atoms with E-state index in [1.165, 1.54) is 0 Å². The number of aromatic nitrogens is 1. The van der Waals surface area contributed by atoms with Gasteiger partial charge in [-0.05, 0) is 39.4 Å². The second-order valence-corrected chi connectivity index (χ2v) is 5.54. The van der Waals surface area contributed by atoms with Crippen LogP contribution in [0.5, 0.6) is 0 Å². The van der Waals surface area contributed by atoms with Crippen LogP contribution in [0.2, 0.25) is 0 Å². The molecule has 0 saturated heterocycles. The maximum absolute atomic E-state index is 5.07. The van der Waals surface area contributed by atoms with E-state index in [1.54, 1.807) is 7.11 Å². The summed E-state index contributed by atoms with van der Waals surface area (Å²) < 4.78 is 5.07. The first kappa shape index (κ1) is 19.4. The van der Waals surface area contributed by atoms with Gasteiger partial charge in [0, 0.05) is 45.6 Å².